The molecule has 0 aliphatic heterocycles. The highest BCUT2D eigenvalue weighted by atomic mass is 14.8. The van der Waals surface area contributed by atoms with Gasteiger partial charge < -0.3 is 0 Å². The van der Waals surface area contributed by atoms with E-state index < -0.39 is 0 Å². The third-order valence-electron chi connectivity index (χ3n) is 2.69. The maximum absolute atomic E-state index is 4.44. The van der Waals surface area contributed by atoms with Gasteiger partial charge in [0.25, 0.3) is 0 Å². The van der Waals surface area contributed by atoms with Gasteiger partial charge in [-0.15, -0.1) is 0 Å². The lowest BCUT2D eigenvalue weighted by molar-refractivity contribution is 1.16. The number of aryl methyl sites for hydroxylation is 2. The minimum absolute atomic E-state index is 0.930. The molecule has 0 aliphatic rings. The average molecular weight is 262 g/mol. The van der Waals surface area contributed by atoms with Crippen LogP contribution in [0.4, 0.5) is 0 Å². The smallest absolute Gasteiger partial charge is 0.0891 e. The Hall–Kier alpha value is -2.48. The largest absolute Gasteiger partial charge is 0.255 e. The highest BCUT2D eigenvalue weighted by Crippen LogP contribution is 2.15. The van der Waals surface area contributed by atoms with E-state index in [1.807, 2.05) is 61.5 Å². The maximum Gasteiger partial charge on any atom is 0.0891 e. The molecule has 3 rings (SSSR count). The normalized spacial score (nSPS) is 9.50. The molecule has 100 valence electrons. The van der Waals surface area contributed by atoms with E-state index in [2.05, 4.69) is 29.0 Å². The van der Waals surface area contributed by atoms with Crippen molar-refractivity contribution in [3.05, 3.63) is 84.2 Å². The fourth-order valence-corrected chi connectivity index (χ4v) is 1.87. The Bertz CT molecular complexity index is 587. The van der Waals surface area contributed by atoms with Gasteiger partial charge in [-0.1, -0.05) is 42.5 Å². The third kappa shape index (κ3) is 4.32. The first-order valence-electron chi connectivity index (χ1n) is 6.62. The molecule has 0 saturated heterocycles. The van der Waals surface area contributed by atoms with E-state index in [0.29, 0.717) is 0 Å². The SMILES string of the molecule is Cc1cc(C)nc(-c2ccccn2)c1.c1ccccc1. The van der Waals surface area contributed by atoms with Gasteiger partial charge in [0.1, 0.15) is 0 Å². The lowest BCUT2D eigenvalue weighted by Crippen LogP contribution is -1.90. The monoisotopic (exact) mass is 262 g/mol. The average Bonchev–Trinajstić information content (AvgIpc) is 2.50. The number of rotatable bonds is 1. The standard InChI is InChI=1S/C12H12N2.C6H6/c1-9-7-10(2)14-12(8-9)11-5-3-4-6-13-11;1-2-4-6-5-3-1/h3-8H,1-2H3;1-6H. The van der Waals surface area contributed by atoms with Crippen LogP contribution in [0.2, 0.25) is 0 Å². The second kappa shape index (κ2) is 7.19. The summed E-state index contributed by atoms with van der Waals surface area (Å²) in [6.07, 6.45) is 1.79. The molecule has 0 saturated carbocycles. The minimum Gasteiger partial charge on any atom is -0.255 e. The minimum atomic E-state index is 0.930. The van der Waals surface area contributed by atoms with Gasteiger partial charge in [0.05, 0.1) is 11.4 Å². The summed E-state index contributed by atoms with van der Waals surface area (Å²) in [4.78, 5) is 8.71. The molecule has 0 atom stereocenters. The fraction of sp³-hybridized carbons (Fsp3) is 0.111. The van der Waals surface area contributed by atoms with Gasteiger partial charge in [0.2, 0.25) is 0 Å². The van der Waals surface area contributed by atoms with Crippen LogP contribution in [-0.4, -0.2) is 9.97 Å². The van der Waals surface area contributed by atoms with E-state index >= 15 is 0 Å². The highest BCUT2D eigenvalue weighted by molar-refractivity contribution is 5.54. The van der Waals surface area contributed by atoms with E-state index in [-0.39, 0.29) is 0 Å². The summed E-state index contributed by atoms with van der Waals surface area (Å²) in [6, 6.07) is 22.0. The third-order valence-corrected chi connectivity index (χ3v) is 2.69. The number of hydrogen-bond acceptors (Lipinski definition) is 2. The van der Waals surface area contributed by atoms with Gasteiger partial charge in [-0.25, -0.2) is 0 Å². The van der Waals surface area contributed by atoms with Crippen LogP contribution >= 0.6 is 0 Å². The van der Waals surface area contributed by atoms with Crippen molar-refractivity contribution in [2.75, 3.05) is 0 Å². The van der Waals surface area contributed by atoms with Crippen LogP contribution in [0.15, 0.2) is 72.9 Å². The predicted octanol–water partition coefficient (Wildman–Crippen LogP) is 4.45. The number of aromatic nitrogens is 2. The number of benzene rings is 1. The zero-order valence-electron chi connectivity index (χ0n) is 11.8. The summed E-state index contributed by atoms with van der Waals surface area (Å²) < 4.78 is 0. The quantitative estimate of drug-likeness (QED) is 0.647. The van der Waals surface area contributed by atoms with Crippen LogP contribution in [0.5, 0.6) is 0 Å². The molecule has 0 unspecified atom stereocenters. The number of hydrogen-bond donors (Lipinski definition) is 0. The highest BCUT2D eigenvalue weighted by Gasteiger charge is 2.00. The first-order chi connectivity index (χ1) is 9.75. The molecule has 2 nitrogen and oxygen atoms in total. The topological polar surface area (TPSA) is 25.8 Å². The molecule has 3 aromatic rings. The van der Waals surface area contributed by atoms with E-state index in [1.54, 1.807) is 6.20 Å². The van der Waals surface area contributed by atoms with Crippen molar-refractivity contribution in [1.29, 1.82) is 0 Å². The van der Waals surface area contributed by atoms with Crippen molar-refractivity contribution < 1.29 is 0 Å². The second-order valence-corrected chi connectivity index (χ2v) is 4.54. The van der Waals surface area contributed by atoms with Crippen molar-refractivity contribution in [2.24, 2.45) is 0 Å². The summed E-state index contributed by atoms with van der Waals surface area (Å²) in [5.41, 5.74) is 4.13. The molecule has 0 spiro atoms. The summed E-state index contributed by atoms with van der Waals surface area (Å²) in [5, 5.41) is 0. The Morgan fingerprint density at radius 3 is 1.85 bits per heavy atom. The van der Waals surface area contributed by atoms with Gasteiger partial charge in [0, 0.05) is 11.9 Å². The second-order valence-electron chi connectivity index (χ2n) is 4.54. The van der Waals surface area contributed by atoms with Crippen molar-refractivity contribution in [3.63, 3.8) is 0 Å². The summed E-state index contributed by atoms with van der Waals surface area (Å²) in [7, 11) is 0. The molecule has 0 radical (unpaired) electrons. The van der Waals surface area contributed by atoms with E-state index in [9.17, 15) is 0 Å². The first-order valence-corrected chi connectivity index (χ1v) is 6.62. The molecule has 0 aliphatic carbocycles. The molecule has 2 heterocycles. The molecule has 0 N–H and O–H groups in total. The Balaban J connectivity index is 0.000000205. The predicted molar refractivity (Wildman–Crippen MR) is 83.4 cm³/mol. The molecule has 0 bridgehead atoms. The van der Waals surface area contributed by atoms with Crippen molar-refractivity contribution in [3.8, 4) is 11.4 Å². The Kier molecular flexibility index (Phi) is 5.01. The van der Waals surface area contributed by atoms with Crippen LogP contribution in [0.25, 0.3) is 11.4 Å². The molecule has 2 aromatic heterocycles. The van der Waals surface area contributed by atoms with Crippen LogP contribution in [0, 0.1) is 13.8 Å². The Morgan fingerprint density at radius 2 is 1.35 bits per heavy atom. The van der Waals surface area contributed by atoms with Crippen LogP contribution in [0.3, 0.4) is 0 Å². The van der Waals surface area contributed by atoms with Crippen LogP contribution in [0.1, 0.15) is 11.3 Å². The van der Waals surface area contributed by atoms with Crippen LogP contribution in [-0.2, 0) is 0 Å². The molecular weight excluding hydrogens is 244 g/mol. The van der Waals surface area contributed by atoms with Gasteiger partial charge in [-0.05, 0) is 43.7 Å². The zero-order chi connectivity index (χ0) is 14.2. The lowest BCUT2D eigenvalue weighted by Gasteiger charge is -2.02. The van der Waals surface area contributed by atoms with Crippen molar-refractivity contribution in [1.82, 2.24) is 9.97 Å². The van der Waals surface area contributed by atoms with Gasteiger partial charge >= 0.3 is 0 Å². The van der Waals surface area contributed by atoms with Gasteiger partial charge in [-0.2, -0.15) is 0 Å². The van der Waals surface area contributed by atoms with Crippen molar-refractivity contribution >= 4 is 0 Å². The molecule has 20 heavy (non-hydrogen) atoms. The molecule has 0 amide bonds. The van der Waals surface area contributed by atoms with Gasteiger partial charge in [0.15, 0.2) is 0 Å². The first kappa shape index (κ1) is 13.9. The molecule has 1 aromatic carbocycles. The summed E-state index contributed by atoms with van der Waals surface area (Å²) in [6.45, 7) is 4.07. The van der Waals surface area contributed by atoms with E-state index in [4.69, 9.17) is 0 Å². The maximum atomic E-state index is 4.44. The molecule has 2 heteroatoms. The molecular formula is C18H18N2. The Labute approximate surface area is 120 Å². The van der Waals surface area contributed by atoms with E-state index in [0.717, 1.165) is 17.1 Å². The number of nitrogens with zero attached hydrogens (tertiary/aromatic N) is 2. The van der Waals surface area contributed by atoms with Crippen LogP contribution < -0.4 is 0 Å². The number of pyridine rings is 2. The summed E-state index contributed by atoms with van der Waals surface area (Å²) >= 11 is 0. The van der Waals surface area contributed by atoms with Gasteiger partial charge in [-0.3, -0.25) is 9.97 Å². The van der Waals surface area contributed by atoms with E-state index in [1.165, 1.54) is 5.56 Å². The molecule has 0 fully saturated rings. The Morgan fingerprint density at radius 1 is 0.700 bits per heavy atom. The van der Waals surface area contributed by atoms with Crippen molar-refractivity contribution in [2.45, 2.75) is 13.8 Å². The lowest BCUT2D eigenvalue weighted by atomic mass is 10.2. The zero-order valence-corrected chi connectivity index (χ0v) is 11.8. The summed E-state index contributed by atoms with van der Waals surface area (Å²) in [5.74, 6) is 0. The fourth-order valence-electron chi connectivity index (χ4n) is 1.87.